The molecule has 294 valence electrons. The summed E-state index contributed by atoms with van der Waals surface area (Å²) in [6.45, 7) is 0. The lowest BCUT2D eigenvalue weighted by molar-refractivity contribution is 1.06. The predicted molar refractivity (Wildman–Crippen MR) is 259 cm³/mol. The van der Waals surface area contributed by atoms with Crippen molar-refractivity contribution in [3.63, 3.8) is 0 Å². The van der Waals surface area contributed by atoms with Crippen LogP contribution in [-0.4, -0.2) is 28.7 Å². The van der Waals surface area contributed by atoms with Gasteiger partial charge in [0.2, 0.25) is 0 Å². The topological polar surface area (TPSA) is 53.5 Å². The number of para-hydroxylation sites is 5. The molecular weight excluding hydrogens is 769 g/mol. The summed E-state index contributed by atoms with van der Waals surface area (Å²) in [5.74, 6) is 1.87. The number of aromatic nitrogens is 6. The number of fused-ring (bicyclic) bond motifs is 10. The van der Waals surface area contributed by atoms with E-state index < -0.39 is 0 Å². The molecule has 0 amide bonds. The third-order valence-electron chi connectivity index (χ3n) is 12.5. The molecule has 4 aromatic heterocycles. The van der Waals surface area contributed by atoms with E-state index in [-0.39, 0.29) is 0 Å². The van der Waals surface area contributed by atoms with Crippen LogP contribution in [0, 0.1) is 0 Å². The molecule has 0 saturated carbocycles. The summed E-state index contributed by atoms with van der Waals surface area (Å²) in [6.07, 6.45) is 0. The Labute approximate surface area is 362 Å². The fourth-order valence-electron chi connectivity index (χ4n) is 9.85. The van der Waals surface area contributed by atoms with Crippen LogP contribution in [0.4, 0.5) is 0 Å². The minimum Gasteiger partial charge on any atom is -0.309 e. The number of hydrogen-bond donors (Lipinski definition) is 0. The third-order valence-corrected chi connectivity index (χ3v) is 12.5. The molecule has 0 aliphatic carbocycles. The third kappa shape index (κ3) is 5.35. The van der Waals surface area contributed by atoms with Crippen LogP contribution in [0.1, 0.15) is 0 Å². The second-order valence-electron chi connectivity index (χ2n) is 16.0. The van der Waals surface area contributed by atoms with Crippen LogP contribution in [0.25, 0.3) is 117 Å². The molecule has 0 N–H and O–H groups in total. The van der Waals surface area contributed by atoms with Gasteiger partial charge in [0.1, 0.15) is 0 Å². The number of rotatable bonds is 6. The van der Waals surface area contributed by atoms with Gasteiger partial charge in [-0.15, -0.1) is 0 Å². The molecule has 4 heterocycles. The predicted octanol–water partition coefficient (Wildman–Crippen LogP) is 14.2. The molecule has 63 heavy (non-hydrogen) atoms. The van der Waals surface area contributed by atoms with Gasteiger partial charge in [0.25, 0.3) is 0 Å². The minimum absolute atomic E-state index is 0.611. The molecule has 0 saturated heterocycles. The first-order valence-corrected chi connectivity index (χ1v) is 21.3. The lowest BCUT2D eigenvalue weighted by Gasteiger charge is -2.15. The van der Waals surface area contributed by atoms with E-state index in [1.165, 1.54) is 37.8 Å². The molecule has 0 unspecified atom stereocenters. The Morgan fingerprint density at radius 2 is 0.746 bits per heavy atom. The van der Waals surface area contributed by atoms with E-state index in [1.54, 1.807) is 0 Å². The first-order chi connectivity index (χ1) is 31.3. The molecule has 0 aliphatic rings. The maximum Gasteiger partial charge on any atom is 0.166 e. The monoisotopic (exact) mass is 804 g/mol. The fraction of sp³-hybridized carbons (Fsp3) is 0. The van der Waals surface area contributed by atoms with Gasteiger partial charge in [-0.3, -0.25) is 0 Å². The van der Waals surface area contributed by atoms with Crippen LogP contribution >= 0.6 is 0 Å². The highest BCUT2D eigenvalue weighted by molar-refractivity contribution is 6.27. The van der Waals surface area contributed by atoms with Gasteiger partial charge in [0.15, 0.2) is 17.5 Å². The van der Waals surface area contributed by atoms with Crippen molar-refractivity contribution in [1.29, 1.82) is 0 Å². The Hall–Kier alpha value is -8.61. The molecule has 6 heteroatoms. The second kappa shape index (κ2) is 14.0. The van der Waals surface area contributed by atoms with E-state index >= 15 is 0 Å². The van der Waals surface area contributed by atoms with Gasteiger partial charge in [-0.05, 0) is 60.7 Å². The van der Waals surface area contributed by atoms with Crippen LogP contribution in [0.5, 0.6) is 0 Å². The van der Waals surface area contributed by atoms with Crippen molar-refractivity contribution < 1.29 is 0 Å². The summed E-state index contributed by atoms with van der Waals surface area (Å²) >= 11 is 0. The van der Waals surface area contributed by atoms with Gasteiger partial charge >= 0.3 is 0 Å². The van der Waals surface area contributed by atoms with Crippen molar-refractivity contribution in [1.82, 2.24) is 28.7 Å². The van der Waals surface area contributed by atoms with Gasteiger partial charge < -0.3 is 13.7 Å². The summed E-state index contributed by atoms with van der Waals surface area (Å²) in [6, 6.07) is 77.3. The fourth-order valence-corrected chi connectivity index (χ4v) is 9.85. The largest absolute Gasteiger partial charge is 0.309 e. The summed E-state index contributed by atoms with van der Waals surface area (Å²) in [4.78, 5) is 15.5. The molecule has 6 nitrogen and oxygen atoms in total. The molecule has 13 aromatic rings. The first kappa shape index (κ1) is 35.2. The molecule has 9 aromatic carbocycles. The Bertz CT molecular complexity index is 3840. The van der Waals surface area contributed by atoms with Crippen molar-refractivity contribution >= 4 is 65.4 Å². The van der Waals surface area contributed by atoms with Crippen molar-refractivity contribution in [2.75, 3.05) is 0 Å². The van der Waals surface area contributed by atoms with Gasteiger partial charge in [0.05, 0.1) is 44.5 Å². The summed E-state index contributed by atoms with van der Waals surface area (Å²) in [5.41, 5.74) is 12.9. The van der Waals surface area contributed by atoms with Crippen LogP contribution in [0.2, 0.25) is 0 Å². The standard InChI is InChI=1S/C57H36N6/c1-4-19-37(20-5-1)55-58-56(38-21-6-2-7-22-38)60-57(59-55)44-28-13-17-32-48(44)63-45-29-14-10-25-40(45)41-35-36-51-53(54(41)63)43-27-12-16-31-47(43)62(51)50-34-18-33-49-52(50)42-26-11-15-30-46(42)61(49)39-23-8-3-9-24-39/h1-36H. The van der Waals surface area contributed by atoms with Crippen LogP contribution in [0.15, 0.2) is 218 Å². The maximum absolute atomic E-state index is 5.22. The summed E-state index contributed by atoms with van der Waals surface area (Å²) in [5, 5.41) is 7.15. The van der Waals surface area contributed by atoms with Gasteiger partial charge in [-0.25, -0.2) is 15.0 Å². The van der Waals surface area contributed by atoms with E-state index in [0.717, 1.165) is 61.3 Å². The van der Waals surface area contributed by atoms with Crippen molar-refractivity contribution in [3.8, 4) is 51.2 Å². The zero-order chi connectivity index (χ0) is 41.4. The zero-order valence-corrected chi connectivity index (χ0v) is 34.0. The molecule has 0 atom stereocenters. The summed E-state index contributed by atoms with van der Waals surface area (Å²) in [7, 11) is 0. The van der Waals surface area contributed by atoms with E-state index in [0.29, 0.717) is 17.5 Å². The molecule has 0 fully saturated rings. The Balaban J connectivity index is 1.13. The lowest BCUT2D eigenvalue weighted by atomic mass is 10.1. The minimum atomic E-state index is 0.611. The van der Waals surface area contributed by atoms with E-state index in [9.17, 15) is 0 Å². The van der Waals surface area contributed by atoms with Gasteiger partial charge in [-0.2, -0.15) is 0 Å². The lowest BCUT2D eigenvalue weighted by Crippen LogP contribution is -2.03. The molecule has 0 aliphatic heterocycles. The van der Waals surface area contributed by atoms with Crippen molar-refractivity contribution in [2.24, 2.45) is 0 Å². The first-order valence-electron chi connectivity index (χ1n) is 21.3. The highest BCUT2D eigenvalue weighted by Gasteiger charge is 2.25. The number of hydrogen-bond acceptors (Lipinski definition) is 3. The normalized spacial score (nSPS) is 11.8. The Morgan fingerprint density at radius 1 is 0.270 bits per heavy atom. The zero-order valence-electron chi connectivity index (χ0n) is 34.0. The molecule has 0 radical (unpaired) electrons. The second-order valence-corrected chi connectivity index (χ2v) is 16.0. The van der Waals surface area contributed by atoms with Crippen molar-refractivity contribution in [2.45, 2.75) is 0 Å². The maximum atomic E-state index is 5.22. The Morgan fingerprint density at radius 3 is 1.43 bits per heavy atom. The van der Waals surface area contributed by atoms with Gasteiger partial charge in [-0.1, -0.05) is 158 Å². The Kier molecular flexibility index (Phi) is 7.80. The van der Waals surface area contributed by atoms with E-state index in [4.69, 9.17) is 15.0 Å². The highest BCUT2D eigenvalue weighted by Crippen LogP contribution is 2.45. The van der Waals surface area contributed by atoms with E-state index in [2.05, 4.69) is 196 Å². The molecule has 0 bridgehead atoms. The van der Waals surface area contributed by atoms with Crippen LogP contribution in [-0.2, 0) is 0 Å². The molecule has 0 spiro atoms. The van der Waals surface area contributed by atoms with Crippen LogP contribution < -0.4 is 0 Å². The number of benzene rings is 9. The summed E-state index contributed by atoms with van der Waals surface area (Å²) < 4.78 is 7.31. The SMILES string of the molecule is c1ccc(-c2nc(-c3ccccc3)nc(-c3ccccc3-n3c4ccccc4c4ccc5c(c6ccccc6n5-c5cccc6c5c5ccccc5n6-c5ccccc5)c43)n2)cc1. The van der Waals surface area contributed by atoms with Crippen molar-refractivity contribution in [3.05, 3.63) is 218 Å². The molecular formula is C57H36N6. The smallest absolute Gasteiger partial charge is 0.166 e. The number of nitrogens with zero attached hydrogens (tertiary/aromatic N) is 6. The molecule has 13 rings (SSSR count). The van der Waals surface area contributed by atoms with Crippen LogP contribution in [0.3, 0.4) is 0 Å². The van der Waals surface area contributed by atoms with E-state index in [1.807, 2.05) is 36.4 Å². The van der Waals surface area contributed by atoms with Gasteiger partial charge in [0, 0.05) is 54.7 Å². The highest BCUT2D eigenvalue weighted by atomic mass is 15.1. The quantitative estimate of drug-likeness (QED) is 0.168. The average molecular weight is 805 g/mol. The average Bonchev–Trinajstić information content (AvgIpc) is 4.00.